The number of aromatic nitrogens is 1. The third-order valence-corrected chi connectivity index (χ3v) is 3.27. The first kappa shape index (κ1) is 11.3. The monoisotopic (exact) mass is 275 g/mol. The van der Waals surface area contributed by atoms with Crippen LogP contribution < -0.4 is 0 Å². The summed E-state index contributed by atoms with van der Waals surface area (Å²) in [5.41, 5.74) is 3.58. The summed E-state index contributed by atoms with van der Waals surface area (Å²) in [4.78, 5) is 4.54. The molecule has 0 bridgehead atoms. The van der Waals surface area contributed by atoms with E-state index in [1.54, 1.807) is 0 Å². The molecule has 0 aliphatic rings. The van der Waals surface area contributed by atoms with Crippen molar-refractivity contribution < 1.29 is 0 Å². The van der Waals surface area contributed by atoms with Crippen molar-refractivity contribution >= 4 is 15.9 Å². The van der Waals surface area contributed by atoms with Crippen molar-refractivity contribution in [1.82, 2.24) is 4.98 Å². The summed E-state index contributed by atoms with van der Waals surface area (Å²) >= 11 is 3.54. The van der Waals surface area contributed by atoms with E-state index >= 15 is 0 Å². The van der Waals surface area contributed by atoms with Crippen LogP contribution in [0.15, 0.2) is 46.9 Å². The average Bonchev–Trinajstić information content (AvgIpc) is 2.32. The summed E-state index contributed by atoms with van der Waals surface area (Å²) in [6.45, 7) is 2.03. The predicted octanol–water partition coefficient (Wildman–Crippen LogP) is 3.94. The van der Waals surface area contributed by atoms with Gasteiger partial charge in [0.25, 0.3) is 0 Å². The van der Waals surface area contributed by atoms with E-state index in [-0.39, 0.29) is 0 Å². The van der Waals surface area contributed by atoms with Gasteiger partial charge in [-0.15, -0.1) is 0 Å². The highest BCUT2D eigenvalue weighted by atomic mass is 79.9. The quantitative estimate of drug-likeness (QED) is 0.827. The van der Waals surface area contributed by atoms with Gasteiger partial charge in [0.15, 0.2) is 0 Å². The second-order valence-corrected chi connectivity index (χ2v) is 4.72. The highest BCUT2D eigenvalue weighted by Crippen LogP contribution is 2.17. The fourth-order valence-corrected chi connectivity index (χ4v) is 2.10. The van der Waals surface area contributed by atoms with Crippen LogP contribution in [0.3, 0.4) is 0 Å². The molecule has 0 saturated carbocycles. The van der Waals surface area contributed by atoms with Crippen molar-refractivity contribution in [2.45, 2.75) is 19.8 Å². The van der Waals surface area contributed by atoms with Crippen molar-refractivity contribution in [3.05, 3.63) is 63.9 Å². The Morgan fingerprint density at radius 2 is 1.75 bits per heavy atom. The van der Waals surface area contributed by atoms with Gasteiger partial charge in [0.05, 0.1) is 5.69 Å². The zero-order chi connectivity index (χ0) is 11.4. The summed E-state index contributed by atoms with van der Waals surface area (Å²) in [6.07, 6.45) is 2.02. The lowest BCUT2D eigenvalue weighted by Gasteiger charge is -2.05. The van der Waals surface area contributed by atoms with Gasteiger partial charge < -0.3 is 0 Å². The van der Waals surface area contributed by atoms with E-state index in [9.17, 15) is 0 Å². The van der Waals surface area contributed by atoms with Crippen LogP contribution in [0.2, 0.25) is 0 Å². The van der Waals surface area contributed by atoms with Gasteiger partial charge in [-0.3, -0.25) is 4.98 Å². The molecule has 1 nitrogen and oxygen atoms in total. The molecule has 1 aromatic heterocycles. The minimum atomic E-state index is 0.978. The average molecular weight is 276 g/mol. The van der Waals surface area contributed by atoms with E-state index in [0.29, 0.717) is 0 Å². The smallest absolute Gasteiger partial charge is 0.0551 e. The van der Waals surface area contributed by atoms with E-state index in [1.807, 2.05) is 19.1 Å². The van der Waals surface area contributed by atoms with Crippen molar-refractivity contribution in [3.63, 3.8) is 0 Å². The Morgan fingerprint density at radius 1 is 1.00 bits per heavy atom. The molecule has 2 heteroatoms. The topological polar surface area (TPSA) is 12.9 Å². The largest absolute Gasteiger partial charge is 0.257 e. The molecule has 0 amide bonds. The van der Waals surface area contributed by atoms with Crippen molar-refractivity contribution in [2.75, 3.05) is 0 Å². The molecule has 0 fully saturated rings. The minimum absolute atomic E-state index is 0.978. The minimum Gasteiger partial charge on any atom is -0.257 e. The van der Waals surface area contributed by atoms with Crippen LogP contribution in [0.4, 0.5) is 0 Å². The second-order valence-electron chi connectivity index (χ2n) is 3.87. The van der Waals surface area contributed by atoms with Gasteiger partial charge in [0, 0.05) is 10.2 Å². The molecule has 82 valence electrons. The summed E-state index contributed by atoms with van der Waals surface area (Å²) in [5, 5.41) is 0. The number of rotatable bonds is 3. The molecule has 0 saturated heterocycles. The SMILES string of the molecule is Cc1ccc(Br)c(CCc2ccccc2)n1. The lowest BCUT2D eigenvalue weighted by molar-refractivity contribution is 0.895. The van der Waals surface area contributed by atoms with E-state index in [2.05, 4.69) is 51.2 Å². The number of halogens is 1. The Hall–Kier alpha value is -1.15. The first-order valence-electron chi connectivity index (χ1n) is 5.41. The predicted molar refractivity (Wildman–Crippen MR) is 70.5 cm³/mol. The van der Waals surface area contributed by atoms with Crippen LogP contribution in [0.25, 0.3) is 0 Å². The van der Waals surface area contributed by atoms with E-state index in [4.69, 9.17) is 0 Å². The molecule has 0 radical (unpaired) electrons. The maximum Gasteiger partial charge on any atom is 0.0551 e. The molecule has 2 aromatic rings. The Morgan fingerprint density at radius 3 is 2.50 bits per heavy atom. The Kier molecular flexibility index (Phi) is 3.73. The number of hydrogen-bond acceptors (Lipinski definition) is 1. The fraction of sp³-hybridized carbons (Fsp3) is 0.214. The molecule has 0 spiro atoms. The highest BCUT2D eigenvalue weighted by molar-refractivity contribution is 9.10. The lowest BCUT2D eigenvalue weighted by atomic mass is 10.1. The molecule has 1 aromatic carbocycles. The molecule has 0 N–H and O–H groups in total. The van der Waals surface area contributed by atoms with Gasteiger partial charge >= 0.3 is 0 Å². The number of nitrogens with zero attached hydrogens (tertiary/aromatic N) is 1. The lowest BCUT2D eigenvalue weighted by Crippen LogP contribution is -1.97. The van der Waals surface area contributed by atoms with Crippen molar-refractivity contribution in [3.8, 4) is 0 Å². The van der Waals surface area contributed by atoms with Crippen LogP contribution in [0, 0.1) is 6.92 Å². The number of benzene rings is 1. The molecular formula is C14H14BrN. The first-order chi connectivity index (χ1) is 7.75. The molecule has 16 heavy (non-hydrogen) atoms. The summed E-state index contributed by atoms with van der Waals surface area (Å²) in [7, 11) is 0. The molecule has 0 aliphatic heterocycles. The van der Waals surface area contributed by atoms with Gasteiger partial charge in [-0.05, 0) is 53.4 Å². The Balaban J connectivity index is 2.08. The molecular weight excluding hydrogens is 262 g/mol. The zero-order valence-electron chi connectivity index (χ0n) is 9.28. The standard InChI is InChI=1S/C14H14BrN/c1-11-7-9-13(15)14(16-11)10-8-12-5-3-2-4-6-12/h2-7,9H,8,10H2,1H3. The molecule has 2 rings (SSSR count). The zero-order valence-corrected chi connectivity index (χ0v) is 10.9. The second kappa shape index (κ2) is 5.26. The maximum absolute atomic E-state index is 4.54. The number of pyridine rings is 1. The Labute approximate surface area is 105 Å². The Bertz CT molecular complexity index is 465. The highest BCUT2D eigenvalue weighted by Gasteiger charge is 2.02. The van der Waals surface area contributed by atoms with Gasteiger partial charge in [-0.1, -0.05) is 30.3 Å². The first-order valence-corrected chi connectivity index (χ1v) is 6.21. The van der Waals surface area contributed by atoms with Crippen LogP contribution in [-0.2, 0) is 12.8 Å². The van der Waals surface area contributed by atoms with Crippen molar-refractivity contribution in [1.29, 1.82) is 0 Å². The van der Waals surface area contributed by atoms with E-state index < -0.39 is 0 Å². The van der Waals surface area contributed by atoms with Crippen LogP contribution >= 0.6 is 15.9 Å². The maximum atomic E-state index is 4.54. The molecule has 0 atom stereocenters. The molecule has 1 heterocycles. The molecule has 0 aliphatic carbocycles. The van der Waals surface area contributed by atoms with Crippen LogP contribution in [-0.4, -0.2) is 4.98 Å². The summed E-state index contributed by atoms with van der Waals surface area (Å²) in [5.74, 6) is 0. The van der Waals surface area contributed by atoms with Gasteiger partial charge in [0.1, 0.15) is 0 Å². The van der Waals surface area contributed by atoms with Crippen molar-refractivity contribution in [2.24, 2.45) is 0 Å². The molecule has 0 unspecified atom stereocenters. The van der Waals surface area contributed by atoms with Crippen LogP contribution in [0.1, 0.15) is 17.0 Å². The van der Waals surface area contributed by atoms with Gasteiger partial charge in [-0.2, -0.15) is 0 Å². The summed E-state index contributed by atoms with van der Waals surface area (Å²) < 4.78 is 1.11. The number of hydrogen-bond donors (Lipinski definition) is 0. The van der Waals surface area contributed by atoms with Gasteiger partial charge in [0.2, 0.25) is 0 Å². The third kappa shape index (κ3) is 2.92. The number of aryl methyl sites for hydroxylation is 3. The van der Waals surface area contributed by atoms with E-state index in [1.165, 1.54) is 5.56 Å². The normalized spacial score (nSPS) is 10.4. The van der Waals surface area contributed by atoms with E-state index in [0.717, 1.165) is 28.7 Å². The van der Waals surface area contributed by atoms with Gasteiger partial charge in [-0.25, -0.2) is 0 Å². The summed E-state index contributed by atoms with van der Waals surface area (Å²) in [6, 6.07) is 14.6. The van der Waals surface area contributed by atoms with Crippen LogP contribution in [0.5, 0.6) is 0 Å². The third-order valence-electron chi connectivity index (χ3n) is 2.55. The fourth-order valence-electron chi connectivity index (χ4n) is 1.68.